The topological polar surface area (TPSA) is 94.0 Å². The van der Waals surface area contributed by atoms with Gasteiger partial charge in [-0.3, -0.25) is 15.6 Å². The summed E-state index contributed by atoms with van der Waals surface area (Å²) in [6.45, 7) is 4.14. The van der Waals surface area contributed by atoms with Gasteiger partial charge in [-0.1, -0.05) is 0 Å². The Hall–Kier alpha value is -2.78. The van der Waals surface area contributed by atoms with Gasteiger partial charge in [-0.05, 0) is 68.4 Å². The maximum Gasteiger partial charge on any atom is 0.305 e. The first-order valence-corrected chi connectivity index (χ1v) is 9.95. The highest BCUT2D eigenvalue weighted by Gasteiger charge is 2.16. The van der Waals surface area contributed by atoms with Crippen LogP contribution in [0.15, 0.2) is 40.8 Å². The van der Waals surface area contributed by atoms with Gasteiger partial charge in [-0.2, -0.15) is 0 Å². The van der Waals surface area contributed by atoms with Crippen LogP contribution in [-0.4, -0.2) is 36.9 Å². The molecule has 3 N–H and O–H groups in total. The molecular formula is C20H25N3O5S. The van der Waals surface area contributed by atoms with Crippen LogP contribution in [0.1, 0.15) is 36.1 Å². The molecule has 156 valence electrons. The second-order valence-corrected chi connectivity index (χ2v) is 6.79. The van der Waals surface area contributed by atoms with Crippen LogP contribution in [0.5, 0.6) is 11.5 Å². The number of furan rings is 1. The number of rotatable bonds is 8. The summed E-state index contributed by atoms with van der Waals surface area (Å²) in [5, 5.41) is 3.33. The van der Waals surface area contributed by atoms with E-state index >= 15 is 0 Å². The minimum absolute atomic E-state index is 0.157. The highest BCUT2D eigenvalue weighted by atomic mass is 32.1. The Bertz CT molecular complexity index is 803. The van der Waals surface area contributed by atoms with Crippen LogP contribution in [0.4, 0.5) is 0 Å². The van der Waals surface area contributed by atoms with Crippen LogP contribution in [0.2, 0.25) is 0 Å². The summed E-state index contributed by atoms with van der Waals surface area (Å²) in [5.41, 5.74) is 5.15. The van der Waals surface area contributed by atoms with Crippen LogP contribution < -0.4 is 25.6 Å². The Morgan fingerprint density at radius 2 is 1.90 bits per heavy atom. The molecule has 1 aliphatic rings. The van der Waals surface area contributed by atoms with Crippen molar-refractivity contribution in [1.29, 1.82) is 0 Å². The fourth-order valence-corrected chi connectivity index (χ4v) is 2.90. The van der Waals surface area contributed by atoms with Gasteiger partial charge in [0.25, 0.3) is 0 Å². The summed E-state index contributed by atoms with van der Waals surface area (Å²) in [4.78, 5) is 12.2. The smallest absolute Gasteiger partial charge is 0.305 e. The SMILES string of the molecule is CCOc1ccc(OCc2ccc(C(=O)NNC(=S)NCC3CCCO3)o2)cc1. The average Bonchev–Trinajstić information content (AvgIpc) is 3.42. The lowest BCUT2D eigenvalue weighted by atomic mass is 10.2. The third-order valence-corrected chi connectivity index (χ3v) is 4.45. The van der Waals surface area contributed by atoms with E-state index < -0.39 is 5.91 Å². The predicted molar refractivity (Wildman–Crippen MR) is 111 cm³/mol. The molecule has 1 aromatic carbocycles. The van der Waals surface area contributed by atoms with E-state index in [1.807, 2.05) is 31.2 Å². The summed E-state index contributed by atoms with van der Waals surface area (Å²) in [6.07, 6.45) is 2.23. The largest absolute Gasteiger partial charge is 0.494 e. The molecule has 29 heavy (non-hydrogen) atoms. The van der Waals surface area contributed by atoms with Crippen LogP contribution in [-0.2, 0) is 11.3 Å². The molecule has 0 bridgehead atoms. The Morgan fingerprint density at radius 1 is 1.14 bits per heavy atom. The quantitative estimate of drug-likeness (QED) is 0.444. The minimum atomic E-state index is -0.432. The van der Waals surface area contributed by atoms with Gasteiger partial charge in [0, 0.05) is 13.2 Å². The van der Waals surface area contributed by atoms with E-state index in [0.29, 0.717) is 29.8 Å². The molecule has 1 aromatic heterocycles. The minimum Gasteiger partial charge on any atom is -0.494 e. The molecule has 0 saturated carbocycles. The summed E-state index contributed by atoms with van der Waals surface area (Å²) in [6, 6.07) is 10.6. The number of hydrogen-bond donors (Lipinski definition) is 3. The zero-order valence-corrected chi connectivity index (χ0v) is 17.1. The van der Waals surface area contributed by atoms with Crippen molar-refractivity contribution in [3.05, 3.63) is 47.9 Å². The molecule has 1 saturated heterocycles. The second kappa shape index (κ2) is 10.7. The van der Waals surface area contributed by atoms with Gasteiger partial charge in [0.15, 0.2) is 10.9 Å². The molecule has 1 atom stereocenters. The van der Waals surface area contributed by atoms with Gasteiger partial charge in [0.1, 0.15) is 23.9 Å². The van der Waals surface area contributed by atoms with Crippen LogP contribution in [0, 0.1) is 0 Å². The molecule has 0 radical (unpaired) electrons. The normalized spacial score (nSPS) is 15.6. The van der Waals surface area contributed by atoms with Crippen LogP contribution >= 0.6 is 12.2 Å². The summed E-state index contributed by atoms with van der Waals surface area (Å²) >= 11 is 5.13. The number of thiocarbonyl (C=S) groups is 1. The van der Waals surface area contributed by atoms with Gasteiger partial charge in [0.2, 0.25) is 0 Å². The van der Waals surface area contributed by atoms with Crippen molar-refractivity contribution in [3.8, 4) is 11.5 Å². The maximum atomic E-state index is 12.2. The van der Waals surface area contributed by atoms with E-state index in [1.165, 1.54) is 0 Å². The molecule has 1 amide bonds. The molecule has 3 rings (SSSR count). The summed E-state index contributed by atoms with van der Waals surface area (Å²) in [5.74, 6) is 1.72. The van der Waals surface area contributed by atoms with Crippen molar-refractivity contribution >= 4 is 23.2 Å². The second-order valence-electron chi connectivity index (χ2n) is 6.38. The van der Waals surface area contributed by atoms with Gasteiger partial charge in [-0.15, -0.1) is 0 Å². The van der Waals surface area contributed by atoms with Crippen LogP contribution in [0.3, 0.4) is 0 Å². The number of carbonyl (C=O) groups is 1. The van der Waals surface area contributed by atoms with E-state index in [9.17, 15) is 4.79 Å². The molecule has 2 heterocycles. The molecule has 0 aliphatic carbocycles. The Balaban J connectivity index is 1.39. The predicted octanol–water partition coefficient (Wildman–Crippen LogP) is 2.55. The fraction of sp³-hybridized carbons (Fsp3) is 0.400. The molecule has 2 aromatic rings. The first-order chi connectivity index (χ1) is 14.1. The van der Waals surface area contributed by atoms with Crippen molar-refractivity contribution in [1.82, 2.24) is 16.2 Å². The zero-order valence-electron chi connectivity index (χ0n) is 16.2. The number of benzene rings is 1. The average molecular weight is 420 g/mol. The number of nitrogens with one attached hydrogen (secondary N) is 3. The Labute approximate surface area is 174 Å². The zero-order chi connectivity index (χ0) is 20.5. The van der Waals surface area contributed by atoms with Crippen molar-refractivity contribution in [3.63, 3.8) is 0 Å². The lowest BCUT2D eigenvalue weighted by molar-refractivity contribution is 0.0911. The fourth-order valence-electron chi connectivity index (χ4n) is 2.76. The molecule has 1 aliphatic heterocycles. The highest BCUT2D eigenvalue weighted by Crippen LogP contribution is 2.19. The van der Waals surface area contributed by atoms with E-state index in [2.05, 4.69) is 16.2 Å². The van der Waals surface area contributed by atoms with Crippen LogP contribution in [0.25, 0.3) is 0 Å². The van der Waals surface area contributed by atoms with E-state index in [1.54, 1.807) is 12.1 Å². The lowest BCUT2D eigenvalue weighted by Gasteiger charge is -2.14. The number of ether oxygens (including phenoxy) is 3. The van der Waals surface area contributed by atoms with Gasteiger partial charge < -0.3 is 23.9 Å². The number of carbonyl (C=O) groups excluding carboxylic acids is 1. The third-order valence-electron chi connectivity index (χ3n) is 4.21. The maximum absolute atomic E-state index is 12.2. The molecule has 1 unspecified atom stereocenters. The van der Waals surface area contributed by atoms with Gasteiger partial charge in [0.05, 0.1) is 12.7 Å². The lowest BCUT2D eigenvalue weighted by Crippen LogP contribution is -2.48. The number of amides is 1. The van der Waals surface area contributed by atoms with Gasteiger partial charge in [-0.25, -0.2) is 0 Å². The standard InChI is InChI=1S/C20H25N3O5S/c1-2-25-14-5-7-15(8-6-14)27-13-17-9-10-18(28-17)19(24)22-23-20(29)21-12-16-4-3-11-26-16/h5-10,16H,2-4,11-13H2,1H3,(H,22,24)(H2,21,23,29). The number of hydrogen-bond acceptors (Lipinski definition) is 6. The summed E-state index contributed by atoms with van der Waals surface area (Å²) in [7, 11) is 0. The van der Waals surface area contributed by atoms with Crippen molar-refractivity contribution < 1.29 is 23.4 Å². The monoisotopic (exact) mass is 419 g/mol. The first kappa shape index (κ1) is 20.9. The van der Waals surface area contributed by atoms with E-state index in [-0.39, 0.29) is 18.5 Å². The van der Waals surface area contributed by atoms with Gasteiger partial charge >= 0.3 is 5.91 Å². The Kier molecular flexibility index (Phi) is 7.71. The van der Waals surface area contributed by atoms with E-state index in [0.717, 1.165) is 25.2 Å². The number of hydrazine groups is 1. The first-order valence-electron chi connectivity index (χ1n) is 9.54. The molecule has 8 nitrogen and oxygen atoms in total. The van der Waals surface area contributed by atoms with Crippen molar-refractivity contribution in [2.24, 2.45) is 0 Å². The molecule has 9 heteroatoms. The van der Waals surface area contributed by atoms with Crippen molar-refractivity contribution in [2.45, 2.75) is 32.5 Å². The molecule has 0 spiro atoms. The van der Waals surface area contributed by atoms with E-state index in [4.69, 9.17) is 30.8 Å². The highest BCUT2D eigenvalue weighted by molar-refractivity contribution is 7.80. The summed E-state index contributed by atoms with van der Waals surface area (Å²) < 4.78 is 22.1. The molecule has 1 fully saturated rings. The third kappa shape index (κ3) is 6.65. The molecular weight excluding hydrogens is 394 g/mol. The van der Waals surface area contributed by atoms with Crippen molar-refractivity contribution in [2.75, 3.05) is 19.8 Å². The Morgan fingerprint density at radius 3 is 2.59 bits per heavy atom.